The van der Waals surface area contributed by atoms with Crippen molar-refractivity contribution in [3.05, 3.63) is 58.1 Å². The van der Waals surface area contributed by atoms with Gasteiger partial charge in [-0.1, -0.05) is 23.7 Å². The van der Waals surface area contributed by atoms with E-state index in [2.05, 4.69) is 15.3 Å². The molecule has 2 heterocycles. The van der Waals surface area contributed by atoms with Crippen LogP contribution < -0.4 is 10.1 Å². The Bertz CT molecular complexity index is 932. The number of ether oxygens (including phenoxy) is 1. The summed E-state index contributed by atoms with van der Waals surface area (Å²) < 4.78 is 42.3. The van der Waals surface area contributed by atoms with Crippen LogP contribution in [0.4, 0.5) is 18.9 Å². The van der Waals surface area contributed by atoms with Crippen LogP contribution in [0.3, 0.4) is 0 Å². The van der Waals surface area contributed by atoms with Crippen molar-refractivity contribution < 1.29 is 22.7 Å². The van der Waals surface area contributed by atoms with Crippen molar-refractivity contribution in [2.75, 3.05) is 11.9 Å². The summed E-state index contributed by atoms with van der Waals surface area (Å²) in [5.41, 5.74) is 1.11. The van der Waals surface area contributed by atoms with E-state index < -0.39 is 18.7 Å². The molecule has 1 amide bonds. The third-order valence-corrected chi connectivity index (χ3v) is 4.29. The highest BCUT2D eigenvalue weighted by Gasteiger charge is 2.29. The monoisotopic (exact) mass is 413 g/mol. The van der Waals surface area contributed by atoms with E-state index in [0.29, 0.717) is 16.3 Å². The first-order chi connectivity index (χ1) is 12.8. The first-order valence-corrected chi connectivity index (χ1v) is 8.74. The number of nitrogens with one attached hydrogen (secondary N) is 1. The molecule has 0 fully saturated rings. The summed E-state index contributed by atoms with van der Waals surface area (Å²) in [5.74, 6) is -0.653. The summed E-state index contributed by atoms with van der Waals surface area (Å²) in [7, 11) is 0. The molecule has 0 atom stereocenters. The molecule has 0 radical (unpaired) electrons. The largest absolute Gasteiger partial charge is 0.468 e. The maximum atomic E-state index is 12.5. The fraction of sp³-hybridized carbons (Fsp3) is 0.118. The van der Waals surface area contributed by atoms with Crippen LogP contribution in [0.25, 0.3) is 11.1 Å². The predicted octanol–water partition coefficient (Wildman–Crippen LogP) is 5.05. The van der Waals surface area contributed by atoms with Gasteiger partial charge in [0.2, 0.25) is 5.88 Å². The first-order valence-electron chi connectivity index (χ1n) is 7.48. The zero-order chi connectivity index (χ0) is 19.4. The number of pyridine rings is 1. The summed E-state index contributed by atoms with van der Waals surface area (Å²) >= 11 is 7.02. The molecule has 0 aliphatic heterocycles. The van der Waals surface area contributed by atoms with Gasteiger partial charge in [0.05, 0.1) is 11.9 Å². The maximum absolute atomic E-state index is 12.5. The molecular weight excluding hydrogens is 403 g/mol. The second kappa shape index (κ2) is 7.93. The number of thiazole rings is 1. The molecule has 1 aromatic carbocycles. The number of amides is 1. The predicted molar refractivity (Wildman–Crippen MR) is 96.3 cm³/mol. The van der Waals surface area contributed by atoms with Crippen LogP contribution in [0.2, 0.25) is 5.02 Å². The van der Waals surface area contributed by atoms with Crippen LogP contribution >= 0.6 is 22.9 Å². The van der Waals surface area contributed by atoms with Gasteiger partial charge >= 0.3 is 6.18 Å². The number of carbonyl (C=O) groups is 1. The van der Waals surface area contributed by atoms with Crippen LogP contribution in [0, 0.1) is 0 Å². The molecular formula is C17H11ClF3N3O2S. The number of nitrogens with zero attached hydrogens (tertiary/aromatic N) is 2. The lowest BCUT2D eigenvalue weighted by atomic mass is 10.1. The Balaban J connectivity index is 1.92. The molecule has 27 heavy (non-hydrogen) atoms. The van der Waals surface area contributed by atoms with Crippen LogP contribution in [-0.2, 0) is 0 Å². The SMILES string of the molecule is O=C(Nc1cnc(OCC(F)(F)F)c(-c2ccc(Cl)cc2)c1)c1nccs1. The van der Waals surface area contributed by atoms with Gasteiger partial charge in [-0.05, 0) is 23.8 Å². The van der Waals surface area contributed by atoms with Crippen molar-refractivity contribution in [1.29, 1.82) is 0 Å². The molecule has 0 spiro atoms. The van der Waals surface area contributed by atoms with E-state index >= 15 is 0 Å². The maximum Gasteiger partial charge on any atom is 0.422 e. The van der Waals surface area contributed by atoms with E-state index in [1.165, 1.54) is 18.5 Å². The van der Waals surface area contributed by atoms with E-state index in [1.54, 1.807) is 29.6 Å². The first kappa shape index (κ1) is 19.1. The standard InChI is InChI=1S/C17H11ClF3N3O2S/c18-11-3-1-10(2-4-11)13-7-12(24-14(25)16-22-5-6-27-16)8-23-15(13)26-9-17(19,20)21/h1-8H,9H2,(H,24,25). The average Bonchev–Trinajstić information content (AvgIpc) is 3.15. The molecule has 1 N–H and O–H groups in total. The van der Waals surface area contributed by atoms with E-state index in [1.807, 2.05) is 0 Å². The van der Waals surface area contributed by atoms with Crippen LogP contribution in [0.5, 0.6) is 5.88 Å². The zero-order valence-corrected chi connectivity index (χ0v) is 15.0. The third-order valence-electron chi connectivity index (χ3n) is 3.26. The topological polar surface area (TPSA) is 64.1 Å². The van der Waals surface area contributed by atoms with Gasteiger partial charge in [0.1, 0.15) is 0 Å². The van der Waals surface area contributed by atoms with E-state index in [-0.39, 0.29) is 16.5 Å². The van der Waals surface area contributed by atoms with Crippen LogP contribution in [0.15, 0.2) is 48.1 Å². The Hall–Kier alpha value is -2.65. The summed E-state index contributed by atoms with van der Waals surface area (Å²) in [6.45, 7) is -1.48. The number of benzene rings is 1. The van der Waals surface area contributed by atoms with Crippen molar-refractivity contribution in [3.63, 3.8) is 0 Å². The number of halogens is 4. The van der Waals surface area contributed by atoms with Gasteiger partial charge < -0.3 is 10.1 Å². The number of carbonyl (C=O) groups excluding carboxylic acids is 1. The smallest absolute Gasteiger partial charge is 0.422 e. The summed E-state index contributed by atoms with van der Waals surface area (Å²) in [6.07, 6.45) is -1.79. The van der Waals surface area contributed by atoms with Gasteiger partial charge in [-0.25, -0.2) is 9.97 Å². The number of hydrogen-bond acceptors (Lipinski definition) is 5. The minimum atomic E-state index is -4.50. The number of rotatable bonds is 5. The molecule has 10 heteroatoms. The van der Waals surface area contributed by atoms with Gasteiger partial charge in [-0.2, -0.15) is 13.2 Å². The van der Waals surface area contributed by atoms with E-state index in [4.69, 9.17) is 16.3 Å². The Labute approximate surface area is 160 Å². The number of hydrogen-bond donors (Lipinski definition) is 1. The minimum absolute atomic E-state index is 0.207. The highest BCUT2D eigenvalue weighted by Crippen LogP contribution is 2.32. The van der Waals surface area contributed by atoms with E-state index in [0.717, 1.165) is 11.3 Å². The normalized spacial score (nSPS) is 11.3. The molecule has 3 rings (SSSR count). The lowest BCUT2D eigenvalue weighted by Gasteiger charge is -2.14. The van der Waals surface area contributed by atoms with Gasteiger partial charge in [-0.3, -0.25) is 4.79 Å². The average molecular weight is 414 g/mol. The molecule has 0 saturated carbocycles. The number of anilines is 1. The van der Waals surface area contributed by atoms with Gasteiger partial charge in [0.25, 0.3) is 5.91 Å². The highest BCUT2D eigenvalue weighted by atomic mass is 35.5. The van der Waals surface area contributed by atoms with Gasteiger partial charge in [0.15, 0.2) is 11.6 Å². The van der Waals surface area contributed by atoms with Crippen molar-refractivity contribution in [2.24, 2.45) is 0 Å². The third kappa shape index (κ3) is 5.18. The Kier molecular flexibility index (Phi) is 5.62. The Morgan fingerprint density at radius 3 is 2.59 bits per heavy atom. The van der Waals surface area contributed by atoms with E-state index in [9.17, 15) is 18.0 Å². The number of aromatic nitrogens is 2. The lowest BCUT2D eigenvalue weighted by molar-refractivity contribution is -0.154. The molecule has 0 bridgehead atoms. The summed E-state index contributed by atoms with van der Waals surface area (Å²) in [5, 5.41) is 4.98. The minimum Gasteiger partial charge on any atom is -0.468 e. The Morgan fingerprint density at radius 2 is 1.96 bits per heavy atom. The molecule has 0 aliphatic carbocycles. The molecule has 140 valence electrons. The summed E-state index contributed by atoms with van der Waals surface area (Å²) in [6, 6.07) is 7.89. The zero-order valence-electron chi connectivity index (χ0n) is 13.5. The van der Waals surface area contributed by atoms with Gasteiger partial charge in [0, 0.05) is 22.2 Å². The van der Waals surface area contributed by atoms with Gasteiger partial charge in [-0.15, -0.1) is 11.3 Å². The molecule has 3 aromatic rings. The molecule has 0 saturated heterocycles. The fourth-order valence-corrected chi connectivity index (χ4v) is 2.80. The van der Waals surface area contributed by atoms with Crippen molar-refractivity contribution in [3.8, 4) is 17.0 Å². The lowest BCUT2D eigenvalue weighted by Crippen LogP contribution is -2.20. The van der Waals surface area contributed by atoms with Crippen LogP contribution in [-0.4, -0.2) is 28.7 Å². The van der Waals surface area contributed by atoms with Crippen molar-refractivity contribution in [1.82, 2.24) is 9.97 Å². The van der Waals surface area contributed by atoms with Crippen molar-refractivity contribution in [2.45, 2.75) is 6.18 Å². The fourth-order valence-electron chi connectivity index (χ4n) is 2.14. The second-order valence-corrected chi connectivity index (χ2v) is 6.61. The number of alkyl halides is 3. The highest BCUT2D eigenvalue weighted by molar-refractivity contribution is 7.11. The molecule has 5 nitrogen and oxygen atoms in total. The molecule has 2 aromatic heterocycles. The Morgan fingerprint density at radius 1 is 1.22 bits per heavy atom. The quantitative estimate of drug-likeness (QED) is 0.635. The summed E-state index contributed by atoms with van der Waals surface area (Å²) in [4.78, 5) is 19.9. The van der Waals surface area contributed by atoms with Crippen molar-refractivity contribution >= 4 is 34.5 Å². The molecule has 0 unspecified atom stereocenters. The second-order valence-electron chi connectivity index (χ2n) is 5.28. The van der Waals surface area contributed by atoms with Crippen LogP contribution in [0.1, 0.15) is 9.80 Å². The molecule has 0 aliphatic rings.